The Hall–Kier alpha value is -1.97. The first kappa shape index (κ1) is 13.5. The SMILES string of the molecule is COc1c(C)ccc(NC(C)c2cnn(C)c2)c1C. The molecule has 0 saturated carbocycles. The topological polar surface area (TPSA) is 39.1 Å². The van der Waals surface area contributed by atoms with Crippen molar-refractivity contribution in [1.82, 2.24) is 9.78 Å². The Morgan fingerprint density at radius 3 is 2.63 bits per heavy atom. The maximum absolute atomic E-state index is 5.45. The molecule has 0 bridgehead atoms. The van der Waals surface area contributed by atoms with Gasteiger partial charge in [0.25, 0.3) is 0 Å². The van der Waals surface area contributed by atoms with Gasteiger partial charge in [-0.1, -0.05) is 6.07 Å². The highest BCUT2D eigenvalue weighted by atomic mass is 16.5. The van der Waals surface area contributed by atoms with Gasteiger partial charge in [0.15, 0.2) is 0 Å². The van der Waals surface area contributed by atoms with Crippen LogP contribution in [0.15, 0.2) is 24.5 Å². The molecule has 2 rings (SSSR count). The van der Waals surface area contributed by atoms with Crippen LogP contribution in [0.1, 0.15) is 29.7 Å². The van der Waals surface area contributed by atoms with E-state index in [0.717, 1.165) is 22.6 Å². The number of hydrogen-bond acceptors (Lipinski definition) is 3. The highest BCUT2D eigenvalue weighted by Gasteiger charge is 2.12. The van der Waals surface area contributed by atoms with Crippen LogP contribution >= 0.6 is 0 Å². The zero-order valence-corrected chi connectivity index (χ0v) is 12.2. The second-order valence-corrected chi connectivity index (χ2v) is 4.90. The molecule has 0 aliphatic rings. The zero-order valence-electron chi connectivity index (χ0n) is 12.2. The van der Waals surface area contributed by atoms with Crippen molar-refractivity contribution in [2.75, 3.05) is 12.4 Å². The first-order valence-electron chi connectivity index (χ1n) is 6.42. The highest BCUT2D eigenvalue weighted by molar-refractivity contribution is 5.60. The number of ether oxygens (including phenoxy) is 1. The average molecular weight is 259 g/mol. The van der Waals surface area contributed by atoms with E-state index in [1.807, 2.05) is 24.1 Å². The minimum Gasteiger partial charge on any atom is -0.496 e. The molecule has 2 aromatic rings. The molecule has 102 valence electrons. The van der Waals surface area contributed by atoms with Gasteiger partial charge in [0.2, 0.25) is 0 Å². The summed E-state index contributed by atoms with van der Waals surface area (Å²) in [6, 6.07) is 4.38. The van der Waals surface area contributed by atoms with Gasteiger partial charge < -0.3 is 10.1 Å². The minimum absolute atomic E-state index is 0.208. The average Bonchev–Trinajstić information content (AvgIpc) is 2.80. The predicted octanol–water partition coefficient (Wildman–Crippen LogP) is 3.22. The van der Waals surface area contributed by atoms with E-state index in [4.69, 9.17) is 4.74 Å². The third-order valence-corrected chi connectivity index (χ3v) is 3.40. The van der Waals surface area contributed by atoms with Crippen molar-refractivity contribution < 1.29 is 4.74 Å². The molecule has 0 spiro atoms. The summed E-state index contributed by atoms with van der Waals surface area (Å²) in [7, 11) is 3.64. The molecule has 0 saturated heterocycles. The molecular formula is C15H21N3O. The number of aryl methyl sites for hydroxylation is 2. The van der Waals surface area contributed by atoms with Gasteiger partial charge in [0, 0.05) is 30.1 Å². The highest BCUT2D eigenvalue weighted by Crippen LogP contribution is 2.31. The Labute approximate surface area is 114 Å². The molecule has 1 aromatic carbocycles. The number of nitrogens with zero attached hydrogens (tertiary/aromatic N) is 2. The Bertz CT molecular complexity index is 575. The van der Waals surface area contributed by atoms with Crippen LogP contribution in [-0.4, -0.2) is 16.9 Å². The fraction of sp³-hybridized carbons (Fsp3) is 0.400. The molecule has 4 nitrogen and oxygen atoms in total. The smallest absolute Gasteiger partial charge is 0.126 e. The van der Waals surface area contributed by atoms with E-state index in [2.05, 4.69) is 43.3 Å². The van der Waals surface area contributed by atoms with Gasteiger partial charge in [-0.2, -0.15) is 5.10 Å². The van der Waals surface area contributed by atoms with E-state index in [9.17, 15) is 0 Å². The van der Waals surface area contributed by atoms with Crippen LogP contribution in [-0.2, 0) is 7.05 Å². The lowest BCUT2D eigenvalue weighted by molar-refractivity contribution is 0.409. The van der Waals surface area contributed by atoms with Crippen LogP contribution in [0.2, 0.25) is 0 Å². The molecule has 1 N–H and O–H groups in total. The van der Waals surface area contributed by atoms with Crippen LogP contribution in [0.25, 0.3) is 0 Å². The van der Waals surface area contributed by atoms with Crippen molar-refractivity contribution in [1.29, 1.82) is 0 Å². The minimum atomic E-state index is 0.208. The molecule has 19 heavy (non-hydrogen) atoms. The molecule has 1 heterocycles. The first-order chi connectivity index (χ1) is 9.02. The third-order valence-electron chi connectivity index (χ3n) is 3.40. The Morgan fingerprint density at radius 2 is 2.05 bits per heavy atom. The number of nitrogens with one attached hydrogen (secondary N) is 1. The molecule has 0 aliphatic carbocycles. The number of hydrogen-bond donors (Lipinski definition) is 1. The summed E-state index contributed by atoms with van der Waals surface area (Å²) in [6.45, 7) is 6.26. The second-order valence-electron chi connectivity index (χ2n) is 4.90. The third kappa shape index (κ3) is 2.72. The predicted molar refractivity (Wildman–Crippen MR) is 77.7 cm³/mol. The van der Waals surface area contributed by atoms with Gasteiger partial charge in [-0.25, -0.2) is 0 Å². The quantitative estimate of drug-likeness (QED) is 0.916. The van der Waals surface area contributed by atoms with Gasteiger partial charge in [0.1, 0.15) is 5.75 Å². The van der Waals surface area contributed by atoms with Crippen molar-refractivity contribution >= 4 is 5.69 Å². The van der Waals surface area contributed by atoms with E-state index in [0.29, 0.717) is 0 Å². The summed E-state index contributed by atoms with van der Waals surface area (Å²) < 4.78 is 7.27. The van der Waals surface area contributed by atoms with Gasteiger partial charge in [0.05, 0.1) is 19.3 Å². The van der Waals surface area contributed by atoms with Gasteiger partial charge in [-0.3, -0.25) is 4.68 Å². The van der Waals surface area contributed by atoms with Gasteiger partial charge >= 0.3 is 0 Å². The molecule has 1 atom stereocenters. The second kappa shape index (κ2) is 5.34. The van der Waals surface area contributed by atoms with Crippen LogP contribution in [0.4, 0.5) is 5.69 Å². The molecule has 0 amide bonds. The normalized spacial score (nSPS) is 12.3. The standard InChI is InChI=1S/C15H21N3O/c1-10-6-7-14(11(2)15(10)19-5)17-12(3)13-8-16-18(4)9-13/h6-9,12,17H,1-5H3. The van der Waals surface area contributed by atoms with E-state index in [1.165, 1.54) is 5.56 Å². The first-order valence-corrected chi connectivity index (χ1v) is 6.42. The number of aromatic nitrogens is 2. The van der Waals surface area contributed by atoms with Gasteiger partial charge in [-0.05, 0) is 32.4 Å². The summed E-state index contributed by atoms with van der Waals surface area (Å²) in [6.07, 6.45) is 3.91. The Balaban J connectivity index is 2.24. The molecule has 4 heteroatoms. The van der Waals surface area contributed by atoms with Crippen molar-refractivity contribution in [2.45, 2.75) is 26.8 Å². The molecule has 0 aliphatic heterocycles. The molecule has 0 fully saturated rings. The van der Waals surface area contributed by atoms with Crippen LogP contribution in [0.3, 0.4) is 0 Å². The fourth-order valence-electron chi connectivity index (χ4n) is 2.28. The lowest BCUT2D eigenvalue weighted by atomic mass is 10.1. The number of benzene rings is 1. The van der Waals surface area contributed by atoms with Crippen LogP contribution in [0.5, 0.6) is 5.75 Å². The monoisotopic (exact) mass is 259 g/mol. The number of anilines is 1. The van der Waals surface area contributed by atoms with Crippen LogP contribution in [0, 0.1) is 13.8 Å². The van der Waals surface area contributed by atoms with E-state index in [1.54, 1.807) is 7.11 Å². The Kier molecular flexibility index (Phi) is 3.79. The summed E-state index contributed by atoms with van der Waals surface area (Å²) in [5.41, 5.74) is 4.55. The Morgan fingerprint density at radius 1 is 1.32 bits per heavy atom. The maximum atomic E-state index is 5.45. The van der Waals surface area contributed by atoms with Crippen molar-refractivity contribution in [3.63, 3.8) is 0 Å². The summed E-state index contributed by atoms with van der Waals surface area (Å²) in [5, 5.41) is 7.71. The van der Waals surface area contributed by atoms with Crippen molar-refractivity contribution in [3.8, 4) is 5.75 Å². The van der Waals surface area contributed by atoms with Crippen molar-refractivity contribution in [3.05, 3.63) is 41.2 Å². The molecular weight excluding hydrogens is 238 g/mol. The summed E-state index contributed by atoms with van der Waals surface area (Å²) >= 11 is 0. The fourth-order valence-corrected chi connectivity index (χ4v) is 2.28. The van der Waals surface area contributed by atoms with Crippen molar-refractivity contribution in [2.24, 2.45) is 7.05 Å². The number of rotatable bonds is 4. The van der Waals surface area contributed by atoms with Gasteiger partial charge in [-0.15, -0.1) is 0 Å². The lowest BCUT2D eigenvalue weighted by Gasteiger charge is -2.18. The lowest BCUT2D eigenvalue weighted by Crippen LogP contribution is -2.08. The molecule has 0 radical (unpaired) electrons. The van der Waals surface area contributed by atoms with E-state index < -0.39 is 0 Å². The van der Waals surface area contributed by atoms with E-state index in [-0.39, 0.29) is 6.04 Å². The number of methoxy groups -OCH3 is 1. The largest absolute Gasteiger partial charge is 0.496 e. The molecule has 1 unspecified atom stereocenters. The van der Waals surface area contributed by atoms with Crippen LogP contribution < -0.4 is 10.1 Å². The molecule has 1 aromatic heterocycles. The van der Waals surface area contributed by atoms with E-state index >= 15 is 0 Å². The summed E-state index contributed by atoms with van der Waals surface area (Å²) in [4.78, 5) is 0. The summed E-state index contributed by atoms with van der Waals surface area (Å²) in [5.74, 6) is 0.948. The maximum Gasteiger partial charge on any atom is 0.126 e. The zero-order chi connectivity index (χ0) is 14.0.